The number of rotatable bonds is 0. The molecule has 20 heavy (non-hydrogen) atoms. The molecule has 2 aromatic carbocycles. The topological polar surface area (TPSA) is 40.5 Å². The highest BCUT2D eigenvalue weighted by atomic mass is 16.3. The van der Waals surface area contributed by atoms with E-state index in [1.54, 1.807) is 6.92 Å². The Bertz CT molecular complexity index is 631. The SMILES string of the molecule is C[C@H]1Cc2ccccc2-c2ccccc2[C@H](O)[C@]1(C)O. The van der Waals surface area contributed by atoms with Gasteiger partial charge >= 0.3 is 0 Å². The smallest absolute Gasteiger partial charge is 0.108 e. The van der Waals surface area contributed by atoms with Crippen LogP contribution in [0.2, 0.25) is 0 Å². The van der Waals surface area contributed by atoms with Crippen LogP contribution in [0.5, 0.6) is 0 Å². The van der Waals surface area contributed by atoms with E-state index in [0.29, 0.717) is 0 Å². The van der Waals surface area contributed by atoms with Crippen molar-refractivity contribution in [2.75, 3.05) is 0 Å². The van der Waals surface area contributed by atoms with Gasteiger partial charge < -0.3 is 10.2 Å². The first-order valence-electron chi connectivity index (χ1n) is 7.09. The molecule has 0 unspecified atom stereocenters. The molecular weight excluding hydrogens is 248 g/mol. The summed E-state index contributed by atoms with van der Waals surface area (Å²) < 4.78 is 0. The number of aliphatic hydroxyl groups excluding tert-OH is 1. The second kappa shape index (κ2) is 4.72. The highest BCUT2D eigenvalue weighted by molar-refractivity contribution is 5.72. The molecule has 0 bridgehead atoms. The zero-order valence-corrected chi connectivity index (χ0v) is 11.9. The third kappa shape index (κ3) is 1.96. The van der Waals surface area contributed by atoms with Gasteiger partial charge in [0.2, 0.25) is 0 Å². The predicted molar refractivity (Wildman–Crippen MR) is 80.3 cm³/mol. The van der Waals surface area contributed by atoms with E-state index < -0.39 is 11.7 Å². The molecule has 0 aromatic heterocycles. The zero-order chi connectivity index (χ0) is 14.3. The Morgan fingerprint density at radius 2 is 1.60 bits per heavy atom. The molecule has 0 amide bonds. The molecule has 0 spiro atoms. The van der Waals surface area contributed by atoms with Gasteiger partial charge in [-0.3, -0.25) is 0 Å². The number of benzene rings is 2. The fourth-order valence-electron chi connectivity index (χ4n) is 3.06. The summed E-state index contributed by atoms with van der Waals surface area (Å²) in [6, 6.07) is 16.1. The summed E-state index contributed by atoms with van der Waals surface area (Å²) in [5.74, 6) is -0.0213. The van der Waals surface area contributed by atoms with E-state index in [9.17, 15) is 10.2 Å². The lowest BCUT2D eigenvalue weighted by molar-refractivity contribution is -0.0987. The van der Waals surface area contributed by atoms with Crippen LogP contribution in [-0.2, 0) is 6.42 Å². The average Bonchev–Trinajstić information content (AvgIpc) is 2.46. The molecule has 0 heterocycles. The Balaban J connectivity index is 2.29. The van der Waals surface area contributed by atoms with E-state index in [2.05, 4.69) is 12.1 Å². The van der Waals surface area contributed by atoms with E-state index in [1.807, 2.05) is 43.3 Å². The molecule has 1 aliphatic carbocycles. The van der Waals surface area contributed by atoms with Gasteiger partial charge in [0, 0.05) is 0 Å². The second-order valence-corrected chi connectivity index (χ2v) is 5.98. The molecule has 2 nitrogen and oxygen atoms in total. The molecule has 2 aromatic rings. The summed E-state index contributed by atoms with van der Waals surface area (Å²) >= 11 is 0. The van der Waals surface area contributed by atoms with Gasteiger partial charge in [-0.1, -0.05) is 55.5 Å². The lowest BCUT2D eigenvalue weighted by Crippen LogP contribution is -2.41. The van der Waals surface area contributed by atoms with Crippen molar-refractivity contribution in [3.8, 4) is 11.1 Å². The Morgan fingerprint density at radius 3 is 2.35 bits per heavy atom. The van der Waals surface area contributed by atoms with Gasteiger partial charge in [-0.2, -0.15) is 0 Å². The fraction of sp³-hybridized carbons (Fsp3) is 0.333. The standard InChI is InChI=1S/C18H20O2/c1-12-11-13-7-3-4-8-14(13)15-9-5-6-10-16(15)17(19)18(12,2)20/h3-10,12,17,19-20H,11H2,1-2H3/t12-,17-,18+/m0/s1. The molecule has 2 N–H and O–H groups in total. The van der Waals surface area contributed by atoms with Gasteiger partial charge in [0.25, 0.3) is 0 Å². The summed E-state index contributed by atoms with van der Waals surface area (Å²) in [7, 11) is 0. The van der Waals surface area contributed by atoms with Crippen LogP contribution in [0.1, 0.15) is 31.1 Å². The van der Waals surface area contributed by atoms with Gasteiger partial charge in [0.1, 0.15) is 6.10 Å². The maximum absolute atomic E-state index is 10.7. The van der Waals surface area contributed by atoms with Crippen LogP contribution in [0, 0.1) is 5.92 Å². The van der Waals surface area contributed by atoms with Crippen molar-refractivity contribution in [2.24, 2.45) is 5.92 Å². The van der Waals surface area contributed by atoms with Crippen molar-refractivity contribution in [3.05, 3.63) is 59.7 Å². The van der Waals surface area contributed by atoms with Crippen molar-refractivity contribution in [1.82, 2.24) is 0 Å². The Labute approximate surface area is 119 Å². The van der Waals surface area contributed by atoms with Crippen molar-refractivity contribution >= 4 is 0 Å². The minimum Gasteiger partial charge on any atom is -0.387 e. The highest BCUT2D eigenvalue weighted by Gasteiger charge is 2.39. The van der Waals surface area contributed by atoms with Gasteiger partial charge in [-0.05, 0) is 41.5 Å². The van der Waals surface area contributed by atoms with Crippen LogP contribution in [0.25, 0.3) is 11.1 Å². The average molecular weight is 268 g/mol. The van der Waals surface area contributed by atoms with Gasteiger partial charge in [0.15, 0.2) is 0 Å². The lowest BCUT2D eigenvalue weighted by Gasteiger charge is -2.38. The molecule has 0 radical (unpaired) electrons. The first-order valence-corrected chi connectivity index (χ1v) is 7.09. The van der Waals surface area contributed by atoms with Crippen LogP contribution >= 0.6 is 0 Å². The number of fused-ring (bicyclic) bond motifs is 3. The van der Waals surface area contributed by atoms with Crippen molar-refractivity contribution in [1.29, 1.82) is 0 Å². The molecule has 3 atom stereocenters. The minimum atomic E-state index is -1.14. The molecule has 0 saturated heterocycles. The lowest BCUT2D eigenvalue weighted by atomic mass is 9.74. The van der Waals surface area contributed by atoms with E-state index in [0.717, 1.165) is 23.1 Å². The van der Waals surface area contributed by atoms with Crippen LogP contribution in [0.4, 0.5) is 0 Å². The highest BCUT2D eigenvalue weighted by Crippen LogP contribution is 2.42. The normalized spacial score (nSPS) is 29.0. The maximum Gasteiger partial charge on any atom is 0.108 e. The molecule has 2 heteroatoms. The minimum absolute atomic E-state index is 0.0213. The number of hydrogen-bond donors (Lipinski definition) is 2. The summed E-state index contributed by atoms with van der Waals surface area (Å²) in [6.07, 6.45) is -0.115. The Morgan fingerprint density at radius 1 is 1.00 bits per heavy atom. The number of hydrogen-bond acceptors (Lipinski definition) is 2. The molecular formula is C18H20O2. The number of aliphatic hydroxyl groups is 2. The first kappa shape index (κ1) is 13.3. The Hall–Kier alpha value is -1.64. The van der Waals surface area contributed by atoms with Crippen LogP contribution in [0.3, 0.4) is 0 Å². The van der Waals surface area contributed by atoms with Crippen molar-refractivity contribution < 1.29 is 10.2 Å². The quantitative estimate of drug-likeness (QED) is 0.769. The molecule has 3 rings (SSSR count). The van der Waals surface area contributed by atoms with E-state index in [1.165, 1.54) is 5.56 Å². The van der Waals surface area contributed by atoms with Crippen LogP contribution in [0.15, 0.2) is 48.5 Å². The molecule has 0 fully saturated rings. The third-order valence-electron chi connectivity index (χ3n) is 4.64. The fourth-order valence-corrected chi connectivity index (χ4v) is 3.06. The summed E-state index contributed by atoms with van der Waals surface area (Å²) in [4.78, 5) is 0. The molecule has 104 valence electrons. The Kier molecular flexibility index (Phi) is 3.15. The van der Waals surface area contributed by atoms with Crippen LogP contribution in [-0.4, -0.2) is 15.8 Å². The largest absolute Gasteiger partial charge is 0.387 e. The van der Waals surface area contributed by atoms with E-state index in [4.69, 9.17) is 0 Å². The molecule has 1 aliphatic rings. The van der Waals surface area contributed by atoms with Crippen molar-refractivity contribution in [2.45, 2.75) is 32.0 Å². The zero-order valence-electron chi connectivity index (χ0n) is 11.9. The maximum atomic E-state index is 10.7. The summed E-state index contributed by atoms with van der Waals surface area (Å²) in [5, 5.41) is 21.4. The van der Waals surface area contributed by atoms with Crippen molar-refractivity contribution in [3.63, 3.8) is 0 Å². The van der Waals surface area contributed by atoms with Crippen LogP contribution < -0.4 is 0 Å². The monoisotopic (exact) mass is 268 g/mol. The first-order chi connectivity index (χ1) is 9.51. The second-order valence-electron chi connectivity index (χ2n) is 5.98. The summed E-state index contributed by atoms with van der Waals surface area (Å²) in [5.41, 5.74) is 3.06. The molecule has 0 aliphatic heterocycles. The van der Waals surface area contributed by atoms with Gasteiger partial charge in [-0.15, -0.1) is 0 Å². The molecule has 0 saturated carbocycles. The third-order valence-corrected chi connectivity index (χ3v) is 4.64. The summed E-state index contributed by atoms with van der Waals surface area (Å²) in [6.45, 7) is 3.72. The van der Waals surface area contributed by atoms with E-state index >= 15 is 0 Å². The van der Waals surface area contributed by atoms with Gasteiger partial charge in [0.05, 0.1) is 5.60 Å². The van der Waals surface area contributed by atoms with E-state index in [-0.39, 0.29) is 5.92 Å². The van der Waals surface area contributed by atoms with Gasteiger partial charge in [-0.25, -0.2) is 0 Å². The predicted octanol–water partition coefficient (Wildman–Crippen LogP) is 3.33.